The number of ether oxygens (including phenoxy) is 2. The van der Waals surface area contributed by atoms with Crippen molar-refractivity contribution in [2.75, 3.05) is 12.3 Å². The van der Waals surface area contributed by atoms with Gasteiger partial charge in [-0.1, -0.05) is 0 Å². The molecule has 0 radical (unpaired) electrons. The van der Waals surface area contributed by atoms with Crippen LogP contribution in [0.5, 0.6) is 0 Å². The molecule has 1 aliphatic heterocycles. The molecule has 8 nitrogen and oxygen atoms in total. The average molecular weight is 292 g/mol. The summed E-state index contributed by atoms with van der Waals surface area (Å²) in [6.07, 6.45) is 4.00. The second-order valence-electron chi connectivity index (χ2n) is 4.93. The van der Waals surface area contributed by atoms with Crippen LogP contribution in [-0.4, -0.2) is 44.3 Å². The van der Waals surface area contributed by atoms with Gasteiger partial charge >= 0.3 is 5.97 Å². The summed E-state index contributed by atoms with van der Waals surface area (Å²) >= 11 is 0. The van der Waals surface area contributed by atoms with Gasteiger partial charge in [0.25, 0.3) is 0 Å². The van der Waals surface area contributed by atoms with Gasteiger partial charge in [0.15, 0.2) is 11.5 Å². The number of fused-ring (bicyclic) bond motifs is 1. The van der Waals surface area contributed by atoms with Crippen LogP contribution in [0, 0.1) is 0 Å². The first kappa shape index (κ1) is 13.8. The van der Waals surface area contributed by atoms with Crippen LogP contribution in [0.25, 0.3) is 5.65 Å². The van der Waals surface area contributed by atoms with Crippen molar-refractivity contribution < 1.29 is 19.4 Å². The molecule has 21 heavy (non-hydrogen) atoms. The number of esters is 1. The fourth-order valence-electron chi connectivity index (χ4n) is 2.60. The molecule has 1 fully saturated rings. The van der Waals surface area contributed by atoms with E-state index in [1.54, 1.807) is 23.0 Å². The Kier molecular flexibility index (Phi) is 3.48. The first-order chi connectivity index (χ1) is 10.1. The highest BCUT2D eigenvalue weighted by molar-refractivity contribution is 5.66. The van der Waals surface area contributed by atoms with Crippen LogP contribution in [0.1, 0.15) is 25.1 Å². The van der Waals surface area contributed by atoms with Crippen molar-refractivity contribution in [3.8, 4) is 0 Å². The minimum atomic E-state index is -0.497. The second kappa shape index (κ2) is 5.30. The van der Waals surface area contributed by atoms with Crippen LogP contribution >= 0.6 is 0 Å². The van der Waals surface area contributed by atoms with E-state index in [0.29, 0.717) is 23.6 Å². The molecule has 0 unspecified atom stereocenters. The molecule has 2 aromatic heterocycles. The van der Waals surface area contributed by atoms with E-state index in [0.717, 1.165) is 0 Å². The van der Waals surface area contributed by atoms with Gasteiger partial charge in [-0.25, -0.2) is 9.97 Å². The minimum absolute atomic E-state index is 0.130. The van der Waals surface area contributed by atoms with Gasteiger partial charge in [0, 0.05) is 25.7 Å². The van der Waals surface area contributed by atoms with Gasteiger partial charge in [-0.2, -0.15) is 0 Å². The van der Waals surface area contributed by atoms with Crippen molar-refractivity contribution in [3.63, 3.8) is 0 Å². The molecule has 3 heterocycles. The molecule has 8 heteroatoms. The highest BCUT2D eigenvalue weighted by Gasteiger charge is 2.39. The van der Waals surface area contributed by atoms with Crippen LogP contribution in [-0.2, 0) is 14.3 Å². The number of anilines is 1. The lowest BCUT2D eigenvalue weighted by molar-refractivity contribution is -0.149. The van der Waals surface area contributed by atoms with E-state index < -0.39 is 12.2 Å². The molecule has 0 bridgehead atoms. The van der Waals surface area contributed by atoms with Crippen molar-refractivity contribution in [2.45, 2.75) is 31.7 Å². The van der Waals surface area contributed by atoms with Gasteiger partial charge < -0.3 is 20.3 Å². The van der Waals surface area contributed by atoms with Crippen LogP contribution in [0.2, 0.25) is 0 Å². The van der Waals surface area contributed by atoms with Gasteiger partial charge in [-0.3, -0.25) is 9.20 Å². The molecule has 0 spiro atoms. The summed E-state index contributed by atoms with van der Waals surface area (Å²) in [5, 5.41) is 9.27. The second-order valence-corrected chi connectivity index (χ2v) is 4.93. The molecule has 0 aliphatic carbocycles. The van der Waals surface area contributed by atoms with Gasteiger partial charge in [0.1, 0.15) is 12.2 Å². The number of rotatable bonds is 3. The van der Waals surface area contributed by atoms with Crippen LogP contribution < -0.4 is 5.73 Å². The Morgan fingerprint density at radius 1 is 1.62 bits per heavy atom. The number of nitrogen functional groups attached to an aromatic ring is 1. The molecule has 112 valence electrons. The number of imidazole rings is 1. The van der Waals surface area contributed by atoms with E-state index in [1.165, 1.54) is 6.92 Å². The number of carbonyl (C=O) groups is 1. The number of hydrogen-bond acceptors (Lipinski definition) is 7. The monoisotopic (exact) mass is 292 g/mol. The number of carbonyl (C=O) groups excluding carboxylic acids is 1. The predicted molar refractivity (Wildman–Crippen MR) is 72.3 cm³/mol. The Hall–Kier alpha value is -2.19. The Morgan fingerprint density at radius 3 is 3.14 bits per heavy atom. The zero-order valence-corrected chi connectivity index (χ0v) is 11.5. The lowest BCUT2D eigenvalue weighted by Crippen LogP contribution is -2.21. The van der Waals surface area contributed by atoms with Crippen LogP contribution in [0.15, 0.2) is 18.6 Å². The molecule has 3 N–H and O–H groups in total. The summed E-state index contributed by atoms with van der Waals surface area (Å²) in [5.41, 5.74) is 7.00. The Labute approximate surface area is 120 Å². The molecule has 1 saturated heterocycles. The molecular formula is C13H16N4O4. The number of aromatic nitrogens is 3. The van der Waals surface area contributed by atoms with Gasteiger partial charge in [-0.05, 0) is 0 Å². The molecule has 3 rings (SSSR count). The van der Waals surface area contributed by atoms with E-state index >= 15 is 0 Å². The van der Waals surface area contributed by atoms with E-state index in [9.17, 15) is 9.90 Å². The van der Waals surface area contributed by atoms with Crippen molar-refractivity contribution in [2.24, 2.45) is 0 Å². The standard InChI is InChI=1S/C13H16N4O4/c1-7(19)20-10-4-8(6-18)21-11(10)9-5-16-13-12(14)15-2-3-17(9)13/h2-3,5,8,10-11,18H,4,6H2,1H3,(H2,14,15)/t8-,10+,11-/m0/s1. The fourth-order valence-corrected chi connectivity index (χ4v) is 2.60. The van der Waals surface area contributed by atoms with Crippen molar-refractivity contribution >= 4 is 17.4 Å². The fraction of sp³-hybridized carbons (Fsp3) is 0.462. The molecule has 0 aromatic carbocycles. The Morgan fingerprint density at radius 2 is 2.43 bits per heavy atom. The van der Waals surface area contributed by atoms with Crippen molar-refractivity contribution in [1.29, 1.82) is 0 Å². The van der Waals surface area contributed by atoms with E-state index in [2.05, 4.69) is 9.97 Å². The van der Waals surface area contributed by atoms with Crippen LogP contribution in [0.3, 0.4) is 0 Å². The van der Waals surface area contributed by atoms with Crippen molar-refractivity contribution in [3.05, 3.63) is 24.3 Å². The molecule has 0 amide bonds. The van der Waals surface area contributed by atoms with E-state index in [1.807, 2.05) is 0 Å². The summed E-state index contributed by atoms with van der Waals surface area (Å²) in [7, 11) is 0. The smallest absolute Gasteiger partial charge is 0.303 e. The Balaban J connectivity index is 1.99. The largest absolute Gasteiger partial charge is 0.459 e. The summed E-state index contributed by atoms with van der Waals surface area (Å²) in [5.74, 6) is -0.0771. The maximum atomic E-state index is 11.2. The zero-order chi connectivity index (χ0) is 15.0. The minimum Gasteiger partial charge on any atom is -0.459 e. The summed E-state index contributed by atoms with van der Waals surface area (Å²) in [4.78, 5) is 19.4. The average Bonchev–Trinajstić information content (AvgIpc) is 3.02. The topological polar surface area (TPSA) is 112 Å². The third-order valence-electron chi connectivity index (χ3n) is 3.47. The molecule has 2 aromatic rings. The summed E-state index contributed by atoms with van der Waals surface area (Å²) < 4.78 is 12.8. The molecule has 1 aliphatic rings. The molecular weight excluding hydrogens is 276 g/mol. The number of aliphatic hydroxyl groups is 1. The number of aliphatic hydroxyl groups excluding tert-OH is 1. The number of nitrogens with two attached hydrogens (primary N) is 1. The van der Waals surface area contributed by atoms with Gasteiger partial charge in [-0.15, -0.1) is 0 Å². The highest BCUT2D eigenvalue weighted by Crippen LogP contribution is 2.35. The maximum Gasteiger partial charge on any atom is 0.303 e. The van der Waals surface area contributed by atoms with E-state index in [4.69, 9.17) is 15.2 Å². The maximum absolute atomic E-state index is 11.2. The van der Waals surface area contributed by atoms with Crippen molar-refractivity contribution in [1.82, 2.24) is 14.4 Å². The van der Waals surface area contributed by atoms with E-state index in [-0.39, 0.29) is 18.7 Å². The van der Waals surface area contributed by atoms with Gasteiger partial charge in [0.05, 0.1) is 24.6 Å². The summed E-state index contributed by atoms with van der Waals surface area (Å²) in [6, 6.07) is 0. The number of hydrogen-bond donors (Lipinski definition) is 2. The lowest BCUT2D eigenvalue weighted by atomic mass is 10.1. The predicted octanol–water partition coefficient (Wildman–Crippen LogP) is 0.0655. The lowest BCUT2D eigenvalue weighted by Gasteiger charge is -2.18. The molecule has 3 atom stereocenters. The highest BCUT2D eigenvalue weighted by atomic mass is 16.6. The normalized spacial score (nSPS) is 25.3. The third kappa shape index (κ3) is 2.43. The quantitative estimate of drug-likeness (QED) is 0.769. The first-order valence-corrected chi connectivity index (χ1v) is 6.61. The summed E-state index contributed by atoms with van der Waals surface area (Å²) in [6.45, 7) is 1.22. The molecule has 0 saturated carbocycles. The Bertz CT molecular complexity index is 671. The SMILES string of the molecule is CC(=O)O[C@@H]1C[C@@H](CO)O[C@H]1c1cnc2c(N)nccn12. The third-order valence-corrected chi connectivity index (χ3v) is 3.47. The zero-order valence-electron chi connectivity index (χ0n) is 11.5. The first-order valence-electron chi connectivity index (χ1n) is 6.61. The van der Waals surface area contributed by atoms with Gasteiger partial charge in [0.2, 0.25) is 0 Å². The number of nitrogens with zero attached hydrogens (tertiary/aromatic N) is 3. The van der Waals surface area contributed by atoms with Crippen LogP contribution in [0.4, 0.5) is 5.82 Å².